The van der Waals surface area contributed by atoms with Crippen LogP contribution in [0.3, 0.4) is 0 Å². The van der Waals surface area contributed by atoms with E-state index in [1.165, 1.54) is 4.90 Å². The van der Waals surface area contributed by atoms with Crippen molar-refractivity contribution >= 4 is 93.0 Å². The Kier molecular flexibility index (Phi) is 10.0. The van der Waals surface area contributed by atoms with Crippen LogP contribution in [0.2, 0.25) is 5.02 Å². The third-order valence-electron chi connectivity index (χ3n) is 8.90. The van der Waals surface area contributed by atoms with Gasteiger partial charge in [0.25, 0.3) is 11.7 Å². The maximum Gasteiger partial charge on any atom is 0.350 e. The number of halogens is 1. The Labute approximate surface area is 315 Å². The highest BCUT2D eigenvalue weighted by atomic mass is 35.5. The number of oxime groups is 1. The Morgan fingerprint density at radius 3 is 2.44 bits per heavy atom. The molecule has 4 heterocycles. The number of amides is 5. The minimum Gasteiger partial charge on any atom is -0.504 e. The number of aromatic nitrogens is 2. The topological polar surface area (TPSA) is 325 Å². The summed E-state index contributed by atoms with van der Waals surface area (Å²) in [4.78, 5) is 111. The maximum atomic E-state index is 13.4. The van der Waals surface area contributed by atoms with E-state index in [1.807, 2.05) is 0 Å². The average Bonchev–Trinajstić information content (AvgIpc) is 3.47. The molecule has 8 N–H and O–H groups in total. The lowest BCUT2D eigenvalue weighted by molar-refractivity contribution is -0.154. The first-order valence-electron chi connectivity index (χ1n) is 15.7. The van der Waals surface area contributed by atoms with E-state index in [-0.39, 0.29) is 43.4 Å². The highest BCUT2D eigenvalue weighted by molar-refractivity contribution is 8.02. The molecule has 3 aliphatic heterocycles. The number of carbonyl (C=O) groups is 8. The summed E-state index contributed by atoms with van der Waals surface area (Å²) in [5.41, 5.74) is 5.49. The summed E-state index contributed by atoms with van der Waals surface area (Å²) in [7, 11) is 0. The number of β-lactam (4-membered cyclic amide) rings is 1. The predicted molar refractivity (Wildman–Crippen MR) is 182 cm³/mol. The highest BCUT2D eigenvalue weighted by Crippen LogP contribution is 2.53. The number of fused-ring (bicyclic) bond motifs is 1. The van der Waals surface area contributed by atoms with Crippen molar-refractivity contribution in [2.75, 3.05) is 31.9 Å². The number of hydrazine groups is 1. The lowest BCUT2D eigenvalue weighted by Crippen LogP contribution is -2.60. The van der Waals surface area contributed by atoms with Crippen LogP contribution in [-0.4, -0.2) is 140 Å². The molecule has 0 unspecified atom stereocenters. The minimum atomic E-state index is -2.00. The zero-order valence-corrected chi connectivity index (χ0v) is 29.8. The molecule has 54 heavy (non-hydrogen) atoms. The number of phenolic OH excluding ortho intramolecular Hbond substituents is 2. The number of hydrogen-bond donors (Lipinski definition) is 7. The van der Waals surface area contributed by atoms with Crippen LogP contribution in [0.5, 0.6) is 11.5 Å². The van der Waals surface area contributed by atoms with Crippen molar-refractivity contribution in [2.45, 2.75) is 41.5 Å². The number of aromatic hydroxyl groups is 2. The van der Waals surface area contributed by atoms with E-state index in [2.05, 4.69) is 25.3 Å². The predicted octanol–water partition coefficient (Wildman–Crippen LogP) is -1.05. The Morgan fingerprint density at radius 2 is 1.81 bits per heavy atom. The number of aliphatic carboxylic acids is 2. The van der Waals surface area contributed by atoms with Crippen molar-refractivity contribution in [3.05, 3.63) is 28.5 Å². The zero-order valence-electron chi connectivity index (χ0n) is 27.4. The number of nitrogen functional groups attached to an aromatic ring is 1. The molecule has 22 nitrogen and oxygen atoms in total. The number of thioether (sulfide) groups is 1. The van der Waals surface area contributed by atoms with Crippen molar-refractivity contribution < 1.29 is 63.6 Å². The number of carboxylic acid groups (broad SMARTS) is 2. The number of carboxylic acids is 2. The summed E-state index contributed by atoms with van der Waals surface area (Å²) in [5, 5.41) is 44.3. The minimum absolute atomic E-state index is 0.0209. The van der Waals surface area contributed by atoms with Gasteiger partial charge >= 0.3 is 18.0 Å². The number of nitrogens with one attached hydrogen (secondary N) is 2. The van der Waals surface area contributed by atoms with Crippen molar-refractivity contribution in [1.82, 2.24) is 34.9 Å². The molecule has 2 aromatic rings. The van der Waals surface area contributed by atoms with Gasteiger partial charge in [0.2, 0.25) is 28.1 Å². The fourth-order valence-corrected chi connectivity index (χ4v) is 8.16. The van der Waals surface area contributed by atoms with E-state index in [4.69, 9.17) is 22.2 Å². The first kappa shape index (κ1) is 38.0. The summed E-state index contributed by atoms with van der Waals surface area (Å²) >= 11 is 7.32. The molecule has 25 heteroatoms. The van der Waals surface area contributed by atoms with Gasteiger partial charge in [0.05, 0.1) is 35.0 Å². The summed E-state index contributed by atoms with van der Waals surface area (Å²) in [5.74, 6) is -9.95. The second-order valence-corrected chi connectivity index (χ2v) is 14.9. The van der Waals surface area contributed by atoms with Gasteiger partial charge < -0.3 is 41.2 Å². The maximum absolute atomic E-state index is 13.4. The van der Waals surface area contributed by atoms with Gasteiger partial charge in [-0.05, 0) is 12.1 Å². The first-order chi connectivity index (χ1) is 25.5. The first-order valence-corrected chi connectivity index (χ1v) is 17.8. The molecule has 4 aliphatic rings. The number of Topliss-reactive ketones (excluding diaryl/α,β-unsaturated/α-hetero) is 2. The largest absolute Gasteiger partial charge is 0.504 e. The van der Waals surface area contributed by atoms with Gasteiger partial charge in [-0.2, -0.15) is 9.36 Å². The molecular weight excluding hydrogens is 782 g/mol. The van der Waals surface area contributed by atoms with Crippen molar-refractivity contribution in [1.29, 1.82) is 0 Å². The van der Waals surface area contributed by atoms with Gasteiger partial charge in [-0.25, -0.2) is 19.4 Å². The highest BCUT2D eigenvalue weighted by Gasteiger charge is 2.66. The number of anilines is 1. The van der Waals surface area contributed by atoms with Gasteiger partial charge in [-0.15, -0.1) is 0 Å². The molecular formula is C29H28ClN9O13S2. The molecule has 1 aromatic heterocycles. The molecule has 4 fully saturated rings. The van der Waals surface area contributed by atoms with Gasteiger partial charge in [-0.1, -0.05) is 28.5 Å². The average molecular weight is 810 g/mol. The molecule has 0 spiro atoms. The van der Waals surface area contributed by atoms with Crippen molar-refractivity contribution in [2.24, 2.45) is 11.1 Å². The van der Waals surface area contributed by atoms with Crippen molar-refractivity contribution in [3.8, 4) is 11.5 Å². The van der Waals surface area contributed by atoms with Crippen LogP contribution in [0, 0.1) is 5.92 Å². The monoisotopic (exact) mass is 809 g/mol. The summed E-state index contributed by atoms with van der Waals surface area (Å²) in [6, 6.07) is 1.07. The van der Waals surface area contributed by atoms with Gasteiger partial charge in [0.15, 0.2) is 28.1 Å². The third kappa shape index (κ3) is 6.77. The lowest BCUT2D eigenvalue weighted by Gasteiger charge is -2.40. The number of nitrogens with zero attached hydrogens (tertiary/aromatic N) is 6. The molecule has 286 valence electrons. The molecule has 6 rings (SSSR count). The standard InChI is InChI=1S/C29H28ClN9O13S2/c30-16-11(1-2-13(40)19(16)44)18(43)21(45)32-6-3-15(42)34-39-8-7-38(27(39)51)29(25(49)50)10-37-22(46)12(23(37)53-29)9-14(41)17(20-33-26(31)54-36-20)35-52-28(4-5-28)24(47)48/h1-2,12,23,40,44H,3-10H2,(H,32,45)(H,34,42)(H,47,48)(H,49,50)(H2,31,33,36)/b35-17+/t12-,23-,29-/m1/s1. The van der Waals surface area contributed by atoms with Gasteiger partial charge in [0, 0.05) is 50.3 Å². The number of benzene rings is 1. The summed E-state index contributed by atoms with van der Waals surface area (Å²) in [6.07, 6.45) is -0.635. The Balaban J connectivity index is 1.06. The zero-order chi connectivity index (χ0) is 39.3. The number of nitrogens with two attached hydrogens (primary N) is 1. The Hall–Kier alpha value is -5.75. The van der Waals surface area contributed by atoms with E-state index in [9.17, 15) is 58.8 Å². The molecule has 1 saturated carbocycles. The smallest absolute Gasteiger partial charge is 0.350 e. The van der Waals surface area contributed by atoms with Crippen LogP contribution in [-0.2, 0) is 33.6 Å². The van der Waals surface area contributed by atoms with E-state index in [1.54, 1.807) is 0 Å². The number of ketones is 2. The summed E-state index contributed by atoms with van der Waals surface area (Å²) in [6.45, 7) is -1.15. The van der Waals surface area contributed by atoms with Crippen LogP contribution in [0.4, 0.5) is 9.93 Å². The third-order valence-corrected chi connectivity index (χ3v) is 11.6. The van der Waals surface area contributed by atoms with Crippen LogP contribution >= 0.6 is 34.9 Å². The van der Waals surface area contributed by atoms with E-state index < -0.39 is 116 Å². The van der Waals surface area contributed by atoms with E-state index in [0.717, 1.165) is 45.3 Å². The van der Waals surface area contributed by atoms with Crippen LogP contribution in [0.25, 0.3) is 0 Å². The van der Waals surface area contributed by atoms with Crippen LogP contribution in [0.1, 0.15) is 41.9 Å². The summed E-state index contributed by atoms with van der Waals surface area (Å²) < 4.78 is 3.94. The second-order valence-electron chi connectivity index (χ2n) is 12.3. The molecule has 0 bridgehead atoms. The SMILES string of the molecule is Nc1nc(/C(=N/OC2(C(=O)O)CC2)C(=O)C[C@@H]2C(=O)N3C[C@@](C(=O)O)(N4CCN(NC(=O)CCNC(=O)C(=O)c5ccc(O)c(O)c5Cl)C4=O)S[C@H]23)ns1. The Morgan fingerprint density at radius 1 is 1.09 bits per heavy atom. The number of hydrogen-bond acceptors (Lipinski definition) is 17. The van der Waals surface area contributed by atoms with Crippen LogP contribution in [0.15, 0.2) is 17.3 Å². The molecule has 3 saturated heterocycles. The quantitative estimate of drug-likeness (QED) is 0.0282. The molecule has 5 amide bonds. The Bertz CT molecular complexity index is 2040. The normalized spacial score (nSPS) is 22.7. The molecule has 0 radical (unpaired) electrons. The van der Waals surface area contributed by atoms with Gasteiger partial charge in [0.1, 0.15) is 0 Å². The fourth-order valence-electron chi connectivity index (χ4n) is 5.79. The number of phenols is 2. The molecule has 3 atom stereocenters. The van der Waals surface area contributed by atoms with E-state index in [0.29, 0.717) is 0 Å². The fraction of sp³-hybridized carbons (Fsp3) is 0.414. The number of carbonyl (C=O) groups excluding carboxylic acids is 6. The van der Waals surface area contributed by atoms with Crippen molar-refractivity contribution in [3.63, 3.8) is 0 Å². The number of rotatable bonds is 15. The van der Waals surface area contributed by atoms with E-state index >= 15 is 0 Å². The number of urea groups is 1. The second kappa shape index (κ2) is 14.2. The van der Waals surface area contributed by atoms with Gasteiger partial charge in [-0.3, -0.25) is 34.3 Å². The lowest BCUT2D eigenvalue weighted by atomic mass is 9.90. The van der Waals surface area contributed by atoms with Crippen LogP contribution < -0.4 is 16.5 Å². The molecule has 1 aliphatic carbocycles. The molecule has 1 aromatic carbocycles.